The van der Waals surface area contributed by atoms with E-state index < -0.39 is 5.91 Å². The van der Waals surface area contributed by atoms with Crippen LogP contribution in [0.1, 0.15) is 28.7 Å². The first kappa shape index (κ1) is 15.5. The molecule has 1 aromatic carbocycles. The minimum Gasteiger partial charge on any atom is -0.367 e. The van der Waals surface area contributed by atoms with E-state index in [4.69, 9.17) is 11.5 Å². The molecule has 0 bridgehead atoms. The number of nitrogens with zero attached hydrogens (tertiary/aromatic N) is 2. The van der Waals surface area contributed by atoms with Gasteiger partial charge in [0.2, 0.25) is 0 Å². The normalized spacial score (nSPS) is 11.2. The molecule has 0 saturated carbocycles. The van der Waals surface area contributed by atoms with Crippen LogP contribution in [-0.2, 0) is 0 Å². The third-order valence-electron chi connectivity index (χ3n) is 2.71. The highest BCUT2D eigenvalue weighted by atomic mass is 16.1. The summed E-state index contributed by atoms with van der Waals surface area (Å²) in [5.41, 5.74) is 12.1. The van der Waals surface area contributed by atoms with Crippen LogP contribution in [0.25, 0.3) is 0 Å². The highest BCUT2D eigenvalue weighted by Crippen LogP contribution is 2.07. The van der Waals surface area contributed by atoms with Crippen molar-refractivity contribution >= 4 is 11.7 Å². The molecule has 0 fully saturated rings. The molecule has 5 N–H and O–H groups in total. The average molecular weight is 295 g/mol. The Kier molecular flexibility index (Phi) is 5.07. The number of hydrogen-bond acceptors (Lipinski definition) is 5. The van der Waals surface area contributed by atoms with Crippen LogP contribution in [0.2, 0.25) is 0 Å². The van der Waals surface area contributed by atoms with Crippen molar-refractivity contribution < 1.29 is 4.79 Å². The maximum atomic E-state index is 11.4. The number of amides is 1. The van der Waals surface area contributed by atoms with Crippen LogP contribution in [0, 0.1) is 11.8 Å². The van der Waals surface area contributed by atoms with Crippen LogP contribution in [0.5, 0.6) is 0 Å². The largest absolute Gasteiger partial charge is 0.367 e. The van der Waals surface area contributed by atoms with Crippen molar-refractivity contribution in [3.05, 3.63) is 53.5 Å². The fourth-order valence-corrected chi connectivity index (χ4v) is 1.66. The fourth-order valence-electron chi connectivity index (χ4n) is 1.66. The molecular formula is C16H17N5O. The van der Waals surface area contributed by atoms with Gasteiger partial charge in [-0.05, 0) is 25.0 Å². The molecule has 1 atom stereocenters. The quantitative estimate of drug-likeness (QED) is 0.721. The third kappa shape index (κ3) is 4.30. The van der Waals surface area contributed by atoms with Crippen LogP contribution in [0.15, 0.2) is 36.5 Å². The Morgan fingerprint density at radius 1 is 1.32 bits per heavy atom. The molecule has 6 nitrogen and oxygen atoms in total. The van der Waals surface area contributed by atoms with Crippen LogP contribution < -0.4 is 16.8 Å². The Morgan fingerprint density at radius 2 is 2.05 bits per heavy atom. The van der Waals surface area contributed by atoms with E-state index in [0.29, 0.717) is 12.4 Å². The van der Waals surface area contributed by atoms with E-state index in [0.717, 1.165) is 5.56 Å². The maximum absolute atomic E-state index is 11.4. The summed E-state index contributed by atoms with van der Waals surface area (Å²) in [5, 5.41) is 3.03. The number of aromatic nitrogens is 2. The molecule has 6 heteroatoms. The van der Waals surface area contributed by atoms with Crippen LogP contribution in [-0.4, -0.2) is 28.5 Å². The molecule has 0 aliphatic rings. The van der Waals surface area contributed by atoms with E-state index in [1.54, 1.807) is 0 Å². The second-order valence-electron chi connectivity index (χ2n) is 4.79. The van der Waals surface area contributed by atoms with E-state index >= 15 is 0 Å². The molecule has 1 heterocycles. The lowest BCUT2D eigenvalue weighted by molar-refractivity contribution is 0.0995. The Balaban J connectivity index is 2.32. The molecule has 2 aromatic rings. The first-order chi connectivity index (χ1) is 10.6. The van der Waals surface area contributed by atoms with Gasteiger partial charge in [0.05, 0.1) is 6.20 Å². The van der Waals surface area contributed by atoms with Gasteiger partial charge in [0.1, 0.15) is 11.5 Å². The van der Waals surface area contributed by atoms with Gasteiger partial charge >= 0.3 is 0 Å². The molecule has 0 aliphatic carbocycles. The molecule has 22 heavy (non-hydrogen) atoms. The van der Waals surface area contributed by atoms with E-state index in [1.165, 1.54) is 6.20 Å². The van der Waals surface area contributed by atoms with Crippen molar-refractivity contribution in [1.82, 2.24) is 9.97 Å². The lowest BCUT2D eigenvalue weighted by Gasteiger charge is -2.08. The minimum atomic E-state index is -0.663. The second-order valence-corrected chi connectivity index (χ2v) is 4.79. The van der Waals surface area contributed by atoms with Crippen molar-refractivity contribution in [1.29, 1.82) is 0 Å². The molecule has 0 unspecified atom stereocenters. The van der Waals surface area contributed by atoms with Crippen molar-refractivity contribution in [3.8, 4) is 11.8 Å². The zero-order chi connectivity index (χ0) is 15.9. The number of carbonyl (C=O) groups is 1. The standard InChI is InChI=1S/C16H17N5O/c1-11(17)9-19-14-10-20-15(16(18)22)13(21-14)8-7-12-5-3-2-4-6-12/h2-6,10-11H,9,17H2,1H3,(H2,18,22)(H,19,21)/t11-/m0/s1. The van der Waals surface area contributed by atoms with Gasteiger partial charge in [0.15, 0.2) is 5.69 Å². The molecule has 0 radical (unpaired) electrons. The Labute approximate surface area is 129 Å². The molecule has 1 aromatic heterocycles. The number of hydrogen-bond donors (Lipinski definition) is 3. The molecular weight excluding hydrogens is 278 g/mol. The van der Waals surface area contributed by atoms with Crippen molar-refractivity contribution in [3.63, 3.8) is 0 Å². The SMILES string of the molecule is C[C@H](N)CNc1cnc(C(N)=O)c(C#Cc2ccccc2)n1. The molecule has 0 aliphatic heterocycles. The first-order valence-electron chi connectivity index (χ1n) is 6.79. The number of carbonyl (C=O) groups excluding carboxylic acids is 1. The van der Waals surface area contributed by atoms with Crippen molar-refractivity contribution in [2.24, 2.45) is 11.5 Å². The summed E-state index contributed by atoms with van der Waals surface area (Å²) in [6.45, 7) is 2.41. The number of primary amides is 1. The van der Waals surface area contributed by atoms with Gasteiger partial charge in [0.25, 0.3) is 5.91 Å². The first-order valence-corrected chi connectivity index (χ1v) is 6.79. The molecule has 0 saturated heterocycles. The average Bonchev–Trinajstić information content (AvgIpc) is 2.51. The second kappa shape index (κ2) is 7.20. The summed E-state index contributed by atoms with van der Waals surface area (Å²) in [5.74, 6) is 5.62. The van der Waals surface area contributed by atoms with Gasteiger partial charge in [-0.25, -0.2) is 9.97 Å². The number of rotatable bonds is 4. The lowest BCUT2D eigenvalue weighted by Crippen LogP contribution is -2.26. The van der Waals surface area contributed by atoms with Crippen molar-refractivity contribution in [2.75, 3.05) is 11.9 Å². The van der Waals surface area contributed by atoms with Gasteiger partial charge in [-0.15, -0.1) is 0 Å². The Morgan fingerprint density at radius 3 is 2.68 bits per heavy atom. The predicted octanol–water partition coefficient (Wildman–Crippen LogP) is 0.734. The summed E-state index contributed by atoms with van der Waals surface area (Å²) in [7, 11) is 0. The van der Waals surface area contributed by atoms with E-state index in [2.05, 4.69) is 27.1 Å². The van der Waals surface area contributed by atoms with Crippen LogP contribution in [0.4, 0.5) is 5.82 Å². The molecule has 112 valence electrons. The Bertz CT molecular complexity index is 716. The van der Waals surface area contributed by atoms with Crippen LogP contribution in [0.3, 0.4) is 0 Å². The van der Waals surface area contributed by atoms with Gasteiger partial charge in [-0.3, -0.25) is 4.79 Å². The van der Waals surface area contributed by atoms with E-state index in [-0.39, 0.29) is 17.4 Å². The predicted molar refractivity (Wildman–Crippen MR) is 85.1 cm³/mol. The summed E-state index contributed by atoms with van der Waals surface area (Å²) < 4.78 is 0. The monoisotopic (exact) mass is 295 g/mol. The van der Waals surface area contributed by atoms with Crippen LogP contribution >= 0.6 is 0 Å². The molecule has 2 rings (SSSR count). The third-order valence-corrected chi connectivity index (χ3v) is 2.71. The molecule has 1 amide bonds. The lowest BCUT2D eigenvalue weighted by atomic mass is 10.2. The van der Waals surface area contributed by atoms with E-state index in [9.17, 15) is 4.79 Å². The van der Waals surface area contributed by atoms with Gasteiger partial charge in [0, 0.05) is 18.2 Å². The summed E-state index contributed by atoms with van der Waals surface area (Å²) >= 11 is 0. The topological polar surface area (TPSA) is 107 Å². The summed E-state index contributed by atoms with van der Waals surface area (Å²) in [6.07, 6.45) is 1.44. The number of nitrogens with two attached hydrogens (primary N) is 2. The fraction of sp³-hybridized carbons (Fsp3) is 0.188. The number of anilines is 1. The highest BCUT2D eigenvalue weighted by molar-refractivity contribution is 5.93. The summed E-state index contributed by atoms with van der Waals surface area (Å²) in [4.78, 5) is 19.7. The van der Waals surface area contributed by atoms with Gasteiger partial charge in [-0.1, -0.05) is 24.1 Å². The van der Waals surface area contributed by atoms with E-state index in [1.807, 2.05) is 37.3 Å². The minimum absolute atomic E-state index is 0.0310. The Hall–Kier alpha value is -2.91. The zero-order valence-corrected chi connectivity index (χ0v) is 12.2. The zero-order valence-electron chi connectivity index (χ0n) is 12.2. The van der Waals surface area contributed by atoms with Crippen molar-refractivity contribution in [2.45, 2.75) is 13.0 Å². The maximum Gasteiger partial charge on any atom is 0.270 e. The number of nitrogens with one attached hydrogen (secondary N) is 1. The smallest absolute Gasteiger partial charge is 0.270 e. The molecule has 0 spiro atoms. The highest BCUT2D eigenvalue weighted by Gasteiger charge is 2.11. The summed E-state index contributed by atoms with van der Waals surface area (Å²) in [6, 6.07) is 9.36. The van der Waals surface area contributed by atoms with Gasteiger partial charge in [-0.2, -0.15) is 0 Å². The van der Waals surface area contributed by atoms with Gasteiger partial charge < -0.3 is 16.8 Å². The number of benzene rings is 1.